The van der Waals surface area contributed by atoms with E-state index in [1.54, 1.807) is 0 Å². The first-order valence-electron chi connectivity index (χ1n) is 6.51. The fourth-order valence-corrected chi connectivity index (χ4v) is 2.65. The molecule has 0 saturated carbocycles. The monoisotopic (exact) mass is 343 g/mol. The fraction of sp³-hybridized carbons (Fsp3) is 0.500. The first-order valence-corrected chi connectivity index (χ1v) is 7.31. The van der Waals surface area contributed by atoms with Crippen molar-refractivity contribution in [2.45, 2.75) is 12.6 Å². The summed E-state index contributed by atoms with van der Waals surface area (Å²) < 4.78 is 11.9. The van der Waals surface area contributed by atoms with E-state index in [1.165, 1.54) is 0 Å². The van der Waals surface area contributed by atoms with Crippen LogP contribution in [0.25, 0.3) is 0 Å². The number of carbonyl (C=O) groups is 1. The highest BCUT2D eigenvalue weighted by Crippen LogP contribution is 2.14. The Kier molecular flexibility index (Phi) is 5.97. The lowest BCUT2D eigenvalue weighted by Gasteiger charge is -2.29. The zero-order valence-corrected chi connectivity index (χ0v) is 12.7. The van der Waals surface area contributed by atoms with Gasteiger partial charge in [0.15, 0.2) is 0 Å². The van der Waals surface area contributed by atoms with Gasteiger partial charge in [0.25, 0.3) is 0 Å². The minimum absolute atomic E-state index is 0.00757. The summed E-state index contributed by atoms with van der Waals surface area (Å²) in [6.07, 6.45) is -0.0600. The van der Waals surface area contributed by atoms with E-state index in [0.717, 1.165) is 10.0 Å². The molecule has 1 unspecified atom stereocenters. The number of aliphatic carboxylic acids is 1. The first kappa shape index (κ1) is 15.4. The summed E-state index contributed by atoms with van der Waals surface area (Å²) >= 11 is 3.42. The summed E-state index contributed by atoms with van der Waals surface area (Å²) in [5, 5.41) is 9.02. The van der Waals surface area contributed by atoms with E-state index >= 15 is 0 Å². The van der Waals surface area contributed by atoms with Crippen LogP contribution in [0.3, 0.4) is 0 Å². The molecule has 1 saturated heterocycles. The molecule has 1 aromatic carbocycles. The molecule has 20 heavy (non-hydrogen) atoms. The van der Waals surface area contributed by atoms with Crippen molar-refractivity contribution < 1.29 is 19.4 Å². The second kappa shape index (κ2) is 7.73. The average Bonchev–Trinajstić information content (AvgIpc) is 2.39. The highest BCUT2D eigenvalue weighted by Gasteiger charge is 2.20. The van der Waals surface area contributed by atoms with Crippen LogP contribution in [0, 0.1) is 0 Å². The number of hydrogen-bond acceptors (Lipinski definition) is 4. The Balaban J connectivity index is 1.97. The number of carboxylic acids is 1. The number of carboxylic acid groups (broad SMARTS) is 1. The summed E-state index contributed by atoms with van der Waals surface area (Å²) in [4.78, 5) is 12.9. The highest BCUT2D eigenvalue weighted by molar-refractivity contribution is 9.10. The molecule has 5 nitrogen and oxygen atoms in total. The highest BCUT2D eigenvalue weighted by atomic mass is 79.9. The topological polar surface area (TPSA) is 59.0 Å². The van der Waals surface area contributed by atoms with Gasteiger partial charge in [-0.25, -0.2) is 0 Å². The van der Waals surface area contributed by atoms with E-state index in [-0.39, 0.29) is 12.6 Å². The molecule has 1 heterocycles. The van der Waals surface area contributed by atoms with Crippen LogP contribution >= 0.6 is 15.9 Å². The Morgan fingerprint density at radius 1 is 1.45 bits per heavy atom. The molecule has 0 spiro atoms. The maximum Gasteiger partial charge on any atom is 0.317 e. The fourth-order valence-electron chi connectivity index (χ4n) is 2.20. The summed E-state index contributed by atoms with van der Waals surface area (Å²) in [7, 11) is 0. The van der Waals surface area contributed by atoms with Crippen LogP contribution in [-0.4, -0.2) is 55.0 Å². The van der Waals surface area contributed by atoms with Crippen LogP contribution in [0.2, 0.25) is 0 Å². The van der Waals surface area contributed by atoms with Gasteiger partial charge in [0, 0.05) is 17.6 Å². The smallest absolute Gasteiger partial charge is 0.317 e. The molecule has 110 valence electrons. The van der Waals surface area contributed by atoms with Gasteiger partial charge in [0.05, 0.1) is 32.5 Å². The van der Waals surface area contributed by atoms with Crippen molar-refractivity contribution in [1.29, 1.82) is 0 Å². The molecule has 1 aliphatic heterocycles. The van der Waals surface area contributed by atoms with Crippen LogP contribution in [0.4, 0.5) is 0 Å². The molecule has 1 aliphatic rings. The molecule has 1 aromatic rings. The van der Waals surface area contributed by atoms with Crippen molar-refractivity contribution in [3.8, 4) is 0 Å². The van der Waals surface area contributed by atoms with E-state index in [2.05, 4.69) is 15.9 Å². The molecule has 6 heteroatoms. The summed E-state index contributed by atoms with van der Waals surface area (Å²) in [6, 6.07) is 7.87. The Morgan fingerprint density at radius 2 is 2.30 bits per heavy atom. The van der Waals surface area contributed by atoms with E-state index in [9.17, 15) is 4.79 Å². The van der Waals surface area contributed by atoms with Crippen molar-refractivity contribution in [1.82, 2.24) is 4.90 Å². The molecule has 0 aliphatic carbocycles. The van der Waals surface area contributed by atoms with Gasteiger partial charge in [-0.2, -0.15) is 0 Å². The Labute approximate surface area is 126 Å². The van der Waals surface area contributed by atoms with Gasteiger partial charge in [-0.1, -0.05) is 28.1 Å². The van der Waals surface area contributed by atoms with Gasteiger partial charge in [-0.15, -0.1) is 0 Å². The Hall–Kier alpha value is -0.950. The van der Waals surface area contributed by atoms with Crippen molar-refractivity contribution >= 4 is 21.9 Å². The zero-order valence-electron chi connectivity index (χ0n) is 11.1. The minimum Gasteiger partial charge on any atom is -0.480 e. The number of hydrogen-bond donors (Lipinski definition) is 1. The molecule has 0 aromatic heterocycles. The average molecular weight is 344 g/mol. The molecule has 0 bridgehead atoms. The van der Waals surface area contributed by atoms with Gasteiger partial charge in [-0.3, -0.25) is 9.69 Å². The van der Waals surface area contributed by atoms with Gasteiger partial charge in [-0.05, 0) is 17.7 Å². The number of benzene rings is 1. The van der Waals surface area contributed by atoms with Crippen LogP contribution in [0.1, 0.15) is 5.56 Å². The maximum absolute atomic E-state index is 11.0. The number of ether oxygens (including phenoxy) is 2. The summed E-state index contributed by atoms with van der Waals surface area (Å²) in [5.74, 6) is -0.836. The van der Waals surface area contributed by atoms with E-state index in [1.807, 2.05) is 29.2 Å². The number of halogens is 1. The third-order valence-corrected chi connectivity index (χ3v) is 3.49. The first-order chi connectivity index (χ1) is 9.63. The van der Waals surface area contributed by atoms with Gasteiger partial charge < -0.3 is 14.6 Å². The third kappa shape index (κ3) is 5.20. The lowest BCUT2D eigenvalue weighted by molar-refractivity contribution is -0.140. The lowest BCUT2D eigenvalue weighted by atomic mass is 10.2. The van der Waals surface area contributed by atoms with Gasteiger partial charge in [0.2, 0.25) is 0 Å². The van der Waals surface area contributed by atoms with Gasteiger partial charge in [0.1, 0.15) is 0 Å². The molecule has 0 radical (unpaired) electrons. The van der Waals surface area contributed by atoms with Crippen molar-refractivity contribution in [2.24, 2.45) is 0 Å². The molecule has 1 atom stereocenters. The second-order valence-electron chi connectivity index (χ2n) is 4.76. The third-order valence-electron chi connectivity index (χ3n) is 3.00. The largest absolute Gasteiger partial charge is 0.480 e. The predicted molar refractivity (Wildman–Crippen MR) is 77.6 cm³/mol. The predicted octanol–water partition coefficient (Wildman–Crippen LogP) is 1.75. The second-order valence-corrected chi connectivity index (χ2v) is 5.68. The van der Waals surface area contributed by atoms with Crippen molar-refractivity contribution in [2.75, 3.05) is 32.9 Å². The van der Waals surface area contributed by atoms with Crippen molar-refractivity contribution in [3.05, 3.63) is 34.3 Å². The molecule has 1 N–H and O–H groups in total. The normalized spacial score (nSPS) is 19.2. The molecule has 1 fully saturated rings. The maximum atomic E-state index is 11.0. The summed E-state index contributed by atoms with van der Waals surface area (Å²) in [6.45, 7) is 2.83. The van der Waals surface area contributed by atoms with Crippen LogP contribution < -0.4 is 0 Å². The van der Waals surface area contributed by atoms with E-state index in [4.69, 9.17) is 14.6 Å². The number of rotatable bonds is 6. The van der Waals surface area contributed by atoms with Crippen LogP contribution in [0.5, 0.6) is 0 Å². The molecule has 0 amide bonds. The van der Waals surface area contributed by atoms with Crippen LogP contribution in [-0.2, 0) is 20.8 Å². The van der Waals surface area contributed by atoms with Crippen LogP contribution in [0.15, 0.2) is 28.7 Å². The van der Waals surface area contributed by atoms with Crippen molar-refractivity contribution in [3.63, 3.8) is 0 Å². The molecular weight excluding hydrogens is 326 g/mol. The standard InChI is InChI=1S/C14H18BrNO4/c15-12-3-1-2-11(6-12)7-16(9-14(17)18)8-13-10-19-4-5-20-13/h1-3,6,13H,4-5,7-10H2,(H,17,18). The van der Waals surface area contributed by atoms with E-state index < -0.39 is 5.97 Å². The number of nitrogens with zero attached hydrogens (tertiary/aromatic N) is 1. The Morgan fingerprint density at radius 3 is 2.95 bits per heavy atom. The Bertz CT molecular complexity index is 449. The molecule has 2 rings (SSSR count). The quantitative estimate of drug-likeness (QED) is 0.852. The molecular formula is C14H18BrNO4. The SMILES string of the molecule is O=C(O)CN(Cc1cccc(Br)c1)CC1COCCO1. The summed E-state index contributed by atoms with van der Waals surface area (Å²) in [5.41, 5.74) is 1.07. The lowest BCUT2D eigenvalue weighted by Crippen LogP contribution is -2.41. The zero-order chi connectivity index (χ0) is 14.4. The van der Waals surface area contributed by atoms with Gasteiger partial charge >= 0.3 is 5.97 Å². The van der Waals surface area contributed by atoms with E-state index in [0.29, 0.717) is 32.9 Å². The minimum atomic E-state index is -0.836.